The molecule has 3 nitrogen and oxygen atoms in total. The molecule has 25 heavy (non-hydrogen) atoms. The van der Waals surface area contributed by atoms with Gasteiger partial charge in [0.05, 0.1) is 12.7 Å². The zero-order chi connectivity index (χ0) is 19.0. The van der Waals surface area contributed by atoms with Crippen molar-refractivity contribution in [1.29, 1.82) is 0 Å². The molecule has 1 aliphatic carbocycles. The van der Waals surface area contributed by atoms with Gasteiger partial charge in [0.15, 0.2) is 0 Å². The Labute approximate surface area is 153 Å². The Morgan fingerprint density at radius 3 is 2.48 bits per heavy atom. The Balaban J connectivity index is 3.00. The Bertz CT molecular complexity index is 525. The quantitative estimate of drug-likeness (QED) is 0.415. The van der Waals surface area contributed by atoms with Crippen LogP contribution in [-0.2, 0) is 9.53 Å². The van der Waals surface area contributed by atoms with Crippen molar-refractivity contribution in [2.75, 3.05) is 7.11 Å². The largest absolute Gasteiger partial charge is 0.466 e. The van der Waals surface area contributed by atoms with Gasteiger partial charge in [-0.2, -0.15) is 0 Å². The summed E-state index contributed by atoms with van der Waals surface area (Å²) in [6.45, 7) is 12.3. The highest BCUT2D eigenvalue weighted by Crippen LogP contribution is 2.34. The lowest BCUT2D eigenvalue weighted by molar-refractivity contribution is -0.136. The average molecular weight is 349 g/mol. The number of carbonyl (C=O) groups is 1. The van der Waals surface area contributed by atoms with Gasteiger partial charge in [0, 0.05) is 5.57 Å². The minimum atomic E-state index is -0.750. The number of ether oxygens (including phenoxy) is 1. The Kier molecular flexibility index (Phi) is 8.64. The molecule has 0 radical (unpaired) electrons. The molecule has 0 fully saturated rings. The van der Waals surface area contributed by atoms with Gasteiger partial charge in [0.25, 0.3) is 0 Å². The molecular weight excluding hydrogens is 312 g/mol. The van der Waals surface area contributed by atoms with Crippen LogP contribution in [0.25, 0.3) is 0 Å². The van der Waals surface area contributed by atoms with Crippen LogP contribution in [-0.4, -0.2) is 23.8 Å². The first-order valence-electron chi connectivity index (χ1n) is 9.48. The van der Waals surface area contributed by atoms with Crippen molar-refractivity contribution >= 4 is 5.97 Å². The summed E-state index contributed by atoms with van der Waals surface area (Å²) in [4.78, 5) is 12.0. The van der Waals surface area contributed by atoms with E-state index in [0.29, 0.717) is 5.57 Å². The van der Waals surface area contributed by atoms with Crippen molar-refractivity contribution in [3.8, 4) is 0 Å². The molecule has 0 saturated carbocycles. The summed E-state index contributed by atoms with van der Waals surface area (Å²) >= 11 is 0. The zero-order valence-electron chi connectivity index (χ0n) is 16.7. The van der Waals surface area contributed by atoms with Crippen molar-refractivity contribution in [2.24, 2.45) is 11.8 Å². The number of rotatable bonds is 2. The van der Waals surface area contributed by atoms with E-state index in [1.165, 1.54) is 18.3 Å². The topological polar surface area (TPSA) is 46.5 Å². The fourth-order valence-electron chi connectivity index (χ4n) is 3.42. The van der Waals surface area contributed by atoms with Gasteiger partial charge >= 0.3 is 5.97 Å². The number of hydrogen-bond donors (Lipinski definition) is 1. The minimum Gasteiger partial charge on any atom is -0.466 e. The second-order valence-corrected chi connectivity index (χ2v) is 7.92. The van der Waals surface area contributed by atoms with E-state index in [-0.39, 0.29) is 17.8 Å². The Morgan fingerprint density at radius 2 is 1.84 bits per heavy atom. The second kappa shape index (κ2) is 9.96. The Hall–Kier alpha value is -1.35. The normalized spacial score (nSPS) is 34.0. The number of hydrogen-bond acceptors (Lipinski definition) is 3. The summed E-state index contributed by atoms with van der Waals surface area (Å²) in [5.74, 6) is -0.213. The number of aliphatic hydroxyl groups is 1. The van der Waals surface area contributed by atoms with Crippen LogP contribution < -0.4 is 0 Å². The summed E-state index contributed by atoms with van der Waals surface area (Å²) in [7, 11) is 1.40. The SMILES string of the molecule is C=C(C(=O)OC)[C@H]1CC/C(C)=C\CC/C(C)=C\CC[C@@](C)(O)[C@@H](C)C1. The van der Waals surface area contributed by atoms with E-state index in [0.717, 1.165) is 44.9 Å². The van der Waals surface area contributed by atoms with Gasteiger partial charge in [0.1, 0.15) is 0 Å². The van der Waals surface area contributed by atoms with E-state index < -0.39 is 5.60 Å². The van der Waals surface area contributed by atoms with Crippen LogP contribution in [0.1, 0.15) is 72.6 Å². The highest BCUT2D eigenvalue weighted by Gasteiger charge is 2.31. The first-order valence-corrected chi connectivity index (χ1v) is 9.48. The van der Waals surface area contributed by atoms with Crippen molar-refractivity contribution < 1.29 is 14.6 Å². The van der Waals surface area contributed by atoms with Crippen molar-refractivity contribution in [3.05, 3.63) is 35.5 Å². The molecule has 1 aliphatic rings. The fourth-order valence-corrected chi connectivity index (χ4v) is 3.42. The number of allylic oxidation sites excluding steroid dienone is 4. The third-order valence-electron chi connectivity index (χ3n) is 5.70. The molecule has 0 heterocycles. The van der Waals surface area contributed by atoms with Crippen LogP contribution in [0.15, 0.2) is 35.5 Å². The average Bonchev–Trinajstić information content (AvgIpc) is 2.55. The third-order valence-corrected chi connectivity index (χ3v) is 5.70. The van der Waals surface area contributed by atoms with Crippen LogP contribution in [0, 0.1) is 11.8 Å². The highest BCUT2D eigenvalue weighted by atomic mass is 16.5. The smallest absolute Gasteiger partial charge is 0.333 e. The standard InChI is InChI=1S/C22H36O3/c1-16-9-7-10-17(2)12-13-20(19(4)21(23)25-6)15-18(3)22(5,24)14-8-11-16/h10-11,18,20,24H,4,7-9,12-15H2,1-3,5-6H3/b16-11-,17-10-/t18-,20-,22+/m0/s1. The summed E-state index contributed by atoms with van der Waals surface area (Å²) in [5, 5.41) is 10.9. The van der Waals surface area contributed by atoms with E-state index >= 15 is 0 Å². The maximum Gasteiger partial charge on any atom is 0.333 e. The predicted octanol–water partition coefficient (Wildman–Crippen LogP) is 5.36. The molecular formula is C22H36O3. The summed E-state index contributed by atoms with van der Waals surface area (Å²) in [6, 6.07) is 0. The summed E-state index contributed by atoms with van der Waals surface area (Å²) in [6.07, 6.45) is 10.8. The lowest BCUT2D eigenvalue weighted by Gasteiger charge is -2.33. The molecule has 0 aromatic heterocycles. The molecule has 0 aromatic rings. The third kappa shape index (κ3) is 7.19. The first kappa shape index (κ1) is 21.7. The van der Waals surface area contributed by atoms with Gasteiger partial charge < -0.3 is 9.84 Å². The van der Waals surface area contributed by atoms with E-state index in [4.69, 9.17) is 4.74 Å². The molecule has 3 atom stereocenters. The zero-order valence-corrected chi connectivity index (χ0v) is 16.7. The maximum atomic E-state index is 12.0. The monoisotopic (exact) mass is 348 g/mol. The molecule has 0 unspecified atom stereocenters. The number of carbonyl (C=O) groups excluding carboxylic acids is 1. The van der Waals surface area contributed by atoms with Gasteiger partial charge in [-0.1, -0.05) is 36.8 Å². The predicted molar refractivity (Wildman–Crippen MR) is 104 cm³/mol. The fraction of sp³-hybridized carbons (Fsp3) is 0.682. The van der Waals surface area contributed by atoms with Crippen LogP contribution in [0.2, 0.25) is 0 Å². The molecule has 1 N–H and O–H groups in total. The van der Waals surface area contributed by atoms with Gasteiger partial charge in [-0.15, -0.1) is 0 Å². The number of methoxy groups -OCH3 is 1. The molecule has 1 rings (SSSR count). The van der Waals surface area contributed by atoms with Crippen molar-refractivity contribution in [1.82, 2.24) is 0 Å². The lowest BCUT2D eigenvalue weighted by Crippen LogP contribution is -2.34. The molecule has 0 spiro atoms. The van der Waals surface area contributed by atoms with E-state index in [2.05, 4.69) is 39.5 Å². The van der Waals surface area contributed by atoms with Crippen molar-refractivity contribution in [2.45, 2.75) is 78.2 Å². The first-order chi connectivity index (χ1) is 11.7. The van der Waals surface area contributed by atoms with Crippen LogP contribution in [0.4, 0.5) is 0 Å². The van der Waals surface area contributed by atoms with Gasteiger partial charge in [-0.3, -0.25) is 0 Å². The van der Waals surface area contributed by atoms with Crippen LogP contribution >= 0.6 is 0 Å². The lowest BCUT2D eigenvalue weighted by atomic mass is 9.77. The summed E-state index contributed by atoms with van der Waals surface area (Å²) < 4.78 is 4.88. The highest BCUT2D eigenvalue weighted by molar-refractivity contribution is 5.88. The van der Waals surface area contributed by atoms with Crippen LogP contribution in [0.5, 0.6) is 0 Å². The molecule has 0 bridgehead atoms. The van der Waals surface area contributed by atoms with E-state index in [1.807, 2.05) is 6.92 Å². The molecule has 0 amide bonds. The van der Waals surface area contributed by atoms with Gasteiger partial charge in [-0.05, 0) is 77.6 Å². The van der Waals surface area contributed by atoms with Gasteiger partial charge in [0.2, 0.25) is 0 Å². The molecule has 142 valence electrons. The molecule has 0 aromatic carbocycles. The van der Waals surface area contributed by atoms with E-state index in [1.54, 1.807) is 0 Å². The summed E-state index contributed by atoms with van der Waals surface area (Å²) in [5.41, 5.74) is 2.52. The van der Waals surface area contributed by atoms with E-state index in [9.17, 15) is 9.90 Å². The van der Waals surface area contributed by atoms with Crippen molar-refractivity contribution in [3.63, 3.8) is 0 Å². The second-order valence-electron chi connectivity index (χ2n) is 7.92. The van der Waals surface area contributed by atoms with Gasteiger partial charge in [-0.25, -0.2) is 4.79 Å². The Morgan fingerprint density at radius 1 is 1.24 bits per heavy atom. The maximum absolute atomic E-state index is 12.0. The molecule has 0 aliphatic heterocycles. The molecule has 0 saturated heterocycles. The minimum absolute atomic E-state index is 0.0393. The number of esters is 1. The molecule has 3 heteroatoms. The van der Waals surface area contributed by atoms with Crippen LogP contribution in [0.3, 0.4) is 0 Å².